The lowest BCUT2D eigenvalue weighted by molar-refractivity contribution is 0.0898. The monoisotopic (exact) mass is 402 g/mol. The van der Waals surface area contributed by atoms with E-state index in [1.165, 1.54) is 0 Å². The van der Waals surface area contributed by atoms with Crippen molar-refractivity contribution >= 4 is 11.6 Å². The van der Waals surface area contributed by atoms with E-state index in [2.05, 4.69) is 25.2 Å². The van der Waals surface area contributed by atoms with Crippen molar-refractivity contribution in [3.63, 3.8) is 0 Å². The minimum Gasteiger partial charge on any atom is -0.475 e. The average molecular weight is 402 g/mol. The summed E-state index contributed by atoms with van der Waals surface area (Å²) in [6, 6.07) is 0. The number of anilines is 2. The number of hydrogen-bond acceptors (Lipinski definition) is 6. The van der Waals surface area contributed by atoms with Crippen LogP contribution in [0, 0.1) is 32.2 Å². The van der Waals surface area contributed by atoms with Crippen LogP contribution in [0.15, 0.2) is 6.20 Å². The Labute approximate surface area is 169 Å². The molecule has 9 heteroatoms. The van der Waals surface area contributed by atoms with E-state index >= 15 is 0 Å². The number of aliphatic hydroxyl groups is 1. The van der Waals surface area contributed by atoms with Crippen molar-refractivity contribution in [2.24, 2.45) is 5.92 Å². The van der Waals surface area contributed by atoms with Crippen molar-refractivity contribution < 1.29 is 14.2 Å². The van der Waals surface area contributed by atoms with Gasteiger partial charge >= 0.3 is 5.66 Å². The van der Waals surface area contributed by atoms with Gasteiger partial charge in [-0.15, -0.1) is 0 Å². The molecular weight excluding hydrogens is 375 g/mol. The van der Waals surface area contributed by atoms with Crippen molar-refractivity contribution in [2.75, 3.05) is 11.9 Å². The van der Waals surface area contributed by atoms with Gasteiger partial charge in [0.25, 0.3) is 5.88 Å². The van der Waals surface area contributed by atoms with Crippen LogP contribution < -0.4 is 10.1 Å². The van der Waals surface area contributed by atoms with Crippen molar-refractivity contribution in [3.05, 3.63) is 34.8 Å². The molecular formula is C20H27FN6O2. The van der Waals surface area contributed by atoms with Crippen molar-refractivity contribution in [1.29, 1.82) is 0 Å². The van der Waals surface area contributed by atoms with E-state index in [-0.39, 0.29) is 29.5 Å². The van der Waals surface area contributed by atoms with Gasteiger partial charge in [0.1, 0.15) is 0 Å². The first kappa shape index (κ1) is 21.0. The second-order valence-electron chi connectivity index (χ2n) is 8.04. The molecule has 2 heterocycles. The van der Waals surface area contributed by atoms with Crippen LogP contribution in [0.5, 0.6) is 5.88 Å². The molecule has 1 fully saturated rings. The lowest BCUT2D eigenvalue weighted by Crippen LogP contribution is -2.23. The highest BCUT2D eigenvalue weighted by atomic mass is 19.1. The van der Waals surface area contributed by atoms with E-state index in [9.17, 15) is 9.50 Å². The lowest BCUT2D eigenvalue weighted by Gasteiger charge is -2.25. The summed E-state index contributed by atoms with van der Waals surface area (Å²) in [6.07, 6.45) is 4.67. The van der Waals surface area contributed by atoms with Gasteiger partial charge in [0.05, 0.1) is 36.0 Å². The number of hydrogen-bond donors (Lipinski definition) is 2. The van der Waals surface area contributed by atoms with E-state index in [1.807, 2.05) is 6.92 Å². The van der Waals surface area contributed by atoms with Crippen LogP contribution in [0.1, 0.15) is 50.9 Å². The summed E-state index contributed by atoms with van der Waals surface area (Å²) in [5.74, 6) is -0.173. The molecule has 3 rings (SSSR count). The number of aryl methyl sites for hydroxylation is 2. The summed E-state index contributed by atoms with van der Waals surface area (Å²) in [5, 5.41) is 17.0. The Kier molecular flexibility index (Phi) is 6.03. The van der Waals surface area contributed by atoms with Crippen LogP contribution >= 0.6 is 0 Å². The smallest absolute Gasteiger partial charge is 0.319 e. The first-order chi connectivity index (χ1) is 13.7. The van der Waals surface area contributed by atoms with Gasteiger partial charge in [0, 0.05) is 13.8 Å². The first-order valence-electron chi connectivity index (χ1n) is 9.77. The van der Waals surface area contributed by atoms with Gasteiger partial charge in [0.15, 0.2) is 0 Å². The number of ether oxygens (including phenoxy) is 1. The number of aliphatic hydroxyl groups excluding tert-OH is 1. The molecule has 29 heavy (non-hydrogen) atoms. The molecule has 1 aliphatic carbocycles. The van der Waals surface area contributed by atoms with Gasteiger partial charge in [-0.3, -0.25) is 4.85 Å². The molecule has 0 aromatic carbocycles. The molecule has 2 aromatic rings. The van der Waals surface area contributed by atoms with E-state index < -0.39 is 11.5 Å². The van der Waals surface area contributed by atoms with Crippen LogP contribution in [-0.2, 0) is 5.66 Å². The Morgan fingerprint density at radius 1 is 1.28 bits per heavy atom. The summed E-state index contributed by atoms with van der Waals surface area (Å²) < 4.78 is 21.7. The lowest BCUT2D eigenvalue weighted by atomic mass is 9.88. The molecule has 0 radical (unpaired) electrons. The fourth-order valence-electron chi connectivity index (χ4n) is 3.23. The van der Waals surface area contributed by atoms with Crippen molar-refractivity contribution in [3.8, 4) is 5.88 Å². The predicted octanol–water partition coefficient (Wildman–Crippen LogP) is 3.71. The van der Waals surface area contributed by atoms with Gasteiger partial charge in [-0.05, 0) is 45.4 Å². The fraction of sp³-hybridized carbons (Fsp3) is 0.600. The van der Waals surface area contributed by atoms with E-state index in [1.54, 1.807) is 31.6 Å². The largest absolute Gasteiger partial charge is 0.475 e. The molecule has 156 valence electrons. The Hall–Kier alpha value is -2.73. The van der Waals surface area contributed by atoms with Gasteiger partial charge in [0.2, 0.25) is 11.8 Å². The quantitative estimate of drug-likeness (QED) is 0.716. The van der Waals surface area contributed by atoms with Crippen molar-refractivity contribution in [1.82, 2.24) is 19.7 Å². The molecule has 0 spiro atoms. The standard InChI is InChI=1S/C20H27FN6O2/c1-12-16(10-27(26-12)20(3,4)22-5)24-19-23-13(2)17(21)18(25-19)29-11-14-6-8-15(28)9-7-14/h10,14-15,28H,6-9,11H2,1-4H3,(H,23,24,25). The Balaban J connectivity index is 1.75. The SMILES string of the molecule is [C-]#[N+]C(C)(C)n1cc(Nc2nc(C)c(F)c(OCC3CCC(O)CC3)n2)c(C)n1. The first-order valence-corrected chi connectivity index (χ1v) is 9.77. The van der Waals surface area contributed by atoms with Gasteiger partial charge in [-0.2, -0.15) is 19.2 Å². The Morgan fingerprint density at radius 3 is 2.62 bits per heavy atom. The molecule has 8 nitrogen and oxygen atoms in total. The summed E-state index contributed by atoms with van der Waals surface area (Å²) in [5.41, 5.74) is 0.685. The minimum absolute atomic E-state index is 0.0855. The van der Waals surface area contributed by atoms with Crippen LogP contribution in [0.25, 0.3) is 4.85 Å². The molecule has 0 aliphatic heterocycles. The maximum Gasteiger partial charge on any atom is 0.319 e. The number of nitrogens with zero attached hydrogens (tertiary/aromatic N) is 5. The third-order valence-corrected chi connectivity index (χ3v) is 5.24. The fourth-order valence-corrected chi connectivity index (χ4v) is 3.23. The van der Waals surface area contributed by atoms with Crippen LogP contribution in [0.2, 0.25) is 0 Å². The van der Waals surface area contributed by atoms with Gasteiger partial charge in [-0.1, -0.05) is 0 Å². The summed E-state index contributed by atoms with van der Waals surface area (Å²) in [7, 11) is 0. The molecule has 0 amide bonds. The third-order valence-electron chi connectivity index (χ3n) is 5.24. The maximum atomic E-state index is 14.5. The highest BCUT2D eigenvalue weighted by Crippen LogP contribution is 2.28. The van der Waals surface area contributed by atoms with Crippen LogP contribution in [0.4, 0.5) is 16.0 Å². The molecule has 2 aromatic heterocycles. The Morgan fingerprint density at radius 2 is 1.97 bits per heavy atom. The molecule has 1 saturated carbocycles. The normalized spacial score (nSPS) is 19.6. The molecule has 0 bridgehead atoms. The second kappa shape index (κ2) is 8.33. The zero-order valence-electron chi connectivity index (χ0n) is 17.2. The molecule has 1 aliphatic rings. The summed E-state index contributed by atoms with van der Waals surface area (Å²) in [4.78, 5) is 11.9. The van der Waals surface area contributed by atoms with E-state index in [0.717, 1.165) is 25.7 Å². The number of nitrogens with one attached hydrogen (secondary N) is 1. The molecule has 0 unspecified atom stereocenters. The van der Waals surface area contributed by atoms with E-state index in [0.29, 0.717) is 18.0 Å². The number of halogens is 1. The molecule has 0 saturated heterocycles. The third kappa shape index (κ3) is 4.82. The predicted molar refractivity (Wildman–Crippen MR) is 106 cm³/mol. The van der Waals surface area contributed by atoms with Crippen LogP contribution in [-0.4, -0.2) is 37.6 Å². The maximum absolute atomic E-state index is 14.5. The number of aromatic nitrogens is 4. The average Bonchev–Trinajstić information content (AvgIpc) is 3.06. The summed E-state index contributed by atoms with van der Waals surface area (Å²) in [6.45, 7) is 14.6. The Bertz CT molecular complexity index is 912. The van der Waals surface area contributed by atoms with Crippen molar-refractivity contribution in [2.45, 2.75) is 65.1 Å². The zero-order valence-corrected chi connectivity index (χ0v) is 17.2. The molecule has 0 atom stereocenters. The topological polar surface area (TPSA) is 89.5 Å². The highest BCUT2D eigenvalue weighted by Gasteiger charge is 2.27. The minimum atomic E-state index is -0.813. The second-order valence-corrected chi connectivity index (χ2v) is 8.04. The van der Waals surface area contributed by atoms with Gasteiger partial charge < -0.3 is 15.2 Å². The highest BCUT2D eigenvalue weighted by molar-refractivity contribution is 5.55. The van der Waals surface area contributed by atoms with Gasteiger partial charge in [-0.25, -0.2) is 11.6 Å². The zero-order chi connectivity index (χ0) is 21.2. The number of rotatable bonds is 6. The van der Waals surface area contributed by atoms with Crippen LogP contribution in [0.3, 0.4) is 0 Å². The van der Waals surface area contributed by atoms with E-state index in [4.69, 9.17) is 11.3 Å². The molecule has 2 N–H and O–H groups in total. The summed E-state index contributed by atoms with van der Waals surface area (Å²) >= 11 is 0.